The lowest BCUT2D eigenvalue weighted by atomic mass is 10.2. The molecule has 1 aromatic heterocycles. The number of oxime groups is 1. The zero-order valence-corrected chi connectivity index (χ0v) is 12.2. The number of hydrogen-bond donors (Lipinski definition) is 2. The van der Waals surface area contributed by atoms with Crippen molar-refractivity contribution in [2.24, 2.45) is 10.9 Å². The fourth-order valence-corrected chi connectivity index (χ4v) is 2.76. The average molecular weight is 290 g/mol. The molecule has 2 aromatic rings. The highest BCUT2D eigenvalue weighted by Crippen LogP contribution is 2.28. The van der Waals surface area contributed by atoms with Crippen LogP contribution in [0.2, 0.25) is 0 Å². The highest BCUT2D eigenvalue weighted by Gasteiger charge is 2.13. The third kappa shape index (κ3) is 3.48. The van der Waals surface area contributed by atoms with Crippen LogP contribution in [0.1, 0.15) is 19.0 Å². The molecule has 5 nitrogen and oxygen atoms in total. The van der Waals surface area contributed by atoms with Crippen LogP contribution in [0.3, 0.4) is 0 Å². The third-order valence-electron chi connectivity index (χ3n) is 2.92. The van der Waals surface area contributed by atoms with Gasteiger partial charge in [0.05, 0.1) is 5.69 Å². The molecule has 6 heteroatoms. The van der Waals surface area contributed by atoms with E-state index in [0.717, 1.165) is 22.9 Å². The van der Waals surface area contributed by atoms with Gasteiger partial charge < -0.3 is 15.8 Å². The number of nitrogens with zero attached hydrogens (tertiary/aromatic N) is 3. The zero-order chi connectivity index (χ0) is 14.4. The van der Waals surface area contributed by atoms with Crippen molar-refractivity contribution < 1.29 is 5.21 Å². The van der Waals surface area contributed by atoms with E-state index in [2.05, 4.69) is 27.3 Å². The maximum absolute atomic E-state index is 8.66. The fourth-order valence-electron chi connectivity index (χ4n) is 1.80. The van der Waals surface area contributed by atoms with E-state index in [4.69, 9.17) is 10.9 Å². The van der Waals surface area contributed by atoms with Crippen molar-refractivity contribution >= 4 is 28.0 Å². The Morgan fingerprint density at radius 3 is 2.75 bits per heavy atom. The van der Waals surface area contributed by atoms with Gasteiger partial charge in [0, 0.05) is 24.0 Å². The molecule has 0 unspecified atom stereocenters. The summed E-state index contributed by atoms with van der Waals surface area (Å²) >= 11 is 1.61. The lowest BCUT2D eigenvalue weighted by molar-refractivity contribution is 0.317. The van der Waals surface area contributed by atoms with E-state index in [-0.39, 0.29) is 5.84 Å². The van der Waals surface area contributed by atoms with Crippen molar-refractivity contribution in [3.63, 3.8) is 0 Å². The maximum atomic E-state index is 8.66. The smallest absolute Gasteiger partial charge is 0.190 e. The molecule has 0 saturated heterocycles. The van der Waals surface area contributed by atoms with E-state index in [1.54, 1.807) is 11.3 Å². The molecular weight excluding hydrogens is 272 g/mol. The van der Waals surface area contributed by atoms with Gasteiger partial charge in [-0.05, 0) is 18.6 Å². The molecule has 2 rings (SSSR count). The van der Waals surface area contributed by atoms with Gasteiger partial charge >= 0.3 is 0 Å². The minimum Gasteiger partial charge on any atom is -0.409 e. The number of aromatic nitrogens is 1. The summed E-state index contributed by atoms with van der Waals surface area (Å²) in [6.07, 6.45) is 1.39. The molecule has 0 atom stereocenters. The molecule has 0 fully saturated rings. The summed E-state index contributed by atoms with van der Waals surface area (Å²) in [6.45, 7) is 2.71. The summed E-state index contributed by atoms with van der Waals surface area (Å²) in [7, 11) is 0. The van der Waals surface area contributed by atoms with Crippen LogP contribution in [0.4, 0.5) is 10.8 Å². The van der Waals surface area contributed by atoms with Crippen molar-refractivity contribution in [2.45, 2.75) is 19.8 Å². The molecule has 0 aliphatic heterocycles. The number of aryl methyl sites for hydroxylation is 1. The predicted molar refractivity (Wildman–Crippen MR) is 83.0 cm³/mol. The highest BCUT2D eigenvalue weighted by atomic mass is 32.1. The van der Waals surface area contributed by atoms with Gasteiger partial charge in [0.25, 0.3) is 0 Å². The zero-order valence-electron chi connectivity index (χ0n) is 11.4. The predicted octanol–water partition coefficient (Wildman–Crippen LogP) is 2.98. The normalized spacial score (nSPS) is 11.6. The van der Waals surface area contributed by atoms with Crippen LogP contribution in [0.5, 0.6) is 0 Å². The molecule has 0 amide bonds. The second kappa shape index (κ2) is 6.91. The molecule has 0 spiro atoms. The fraction of sp³-hybridized carbons (Fsp3) is 0.286. The van der Waals surface area contributed by atoms with Gasteiger partial charge in [0.2, 0.25) is 0 Å². The Morgan fingerprint density at radius 1 is 1.40 bits per heavy atom. The summed E-state index contributed by atoms with van der Waals surface area (Å²) < 4.78 is 0. The van der Waals surface area contributed by atoms with Gasteiger partial charge in [-0.25, -0.2) is 4.98 Å². The summed E-state index contributed by atoms with van der Waals surface area (Å²) in [6, 6.07) is 10.0. The van der Waals surface area contributed by atoms with E-state index in [0.29, 0.717) is 13.0 Å². The van der Waals surface area contributed by atoms with Crippen molar-refractivity contribution in [2.75, 3.05) is 11.4 Å². The van der Waals surface area contributed by atoms with Crippen molar-refractivity contribution in [1.82, 2.24) is 4.98 Å². The number of hydrogen-bond acceptors (Lipinski definition) is 5. The molecule has 0 bridgehead atoms. The van der Waals surface area contributed by atoms with Crippen LogP contribution in [-0.4, -0.2) is 22.6 Å². The first kappa shape index (κ1) is 14.3. The molecule has 1 heterocycles. The Balaban J connectivity index is 2.24. The number of benzene rings is 1. The summed E-state index contributed by atoms with van der Waals surface area (Å²) in [4.78, 5) is 6.70. The minimum atomic E-state index is 0.221. The lowest BCUT2D eigenvalue weighted by Crippen LogP contribution is -2.24. The van der Waals surface area contributed by atoms with Gasteiger partial charge in [0.1, 0.15) is 5.84 Å². The van der Waals surface area contributed by atoms with Gasteiger partial charge in [0.15, 0.2) is 5.13 Å². The van der Waals surface area contributed by atoms with Crippen molar-refractivity contribution in [1.29, 1.82) is 0 Å². The number of rotatable bonds is 6. The van der Waals surface area contributed by atoms with Gasteiger partial charge in [-0.2, -0.15) is 0 Å². The molecule has 106 valence electrons. The van der Waals surface area contributed by atoms with Crippen molar-refractivity contribution in [3.05, 3.63) is 41.4 Å². The quantitative estimate of drug-likeness (QED) is 0.371. The van der Waals surface area contributed by atoms with E-state index < -0.39 is 0 Å². The first-order valence-corrected chi connectivity index (χ1v) is 7.36. The number of amidine groups is 1. The monoisotopic (exact) mass is 290 g/mol. The lowest BCUT2D eigenvalue weighted by Gasteiger charge is -2.21. The van der Waals surface area contributed by atoms with Gasteiger partial charge in [-0.15, -0.1) is 11.3 Å². The molecule has 0 aliphatic rings. The molecule has 0 saturated carbocycles. The van der Waals surface area contributed by atoms with Crippen LogP contribution in [-0.2, 0) is 6.42 Å². The highest BCUT2D eigenvalue weighted by molar-refractivity contribution is 7.13. The summed E-state index contributed by atoms with van der Waals surface area (Å²) in [5, 5.41) is 14.7. The Morgan fingerprint density at radius 2 is 2.15 bits per heavy atom. The van der Waals surface area contributed by atoms with E-state index in [1.165, 1.54) is 0 Å². The Kier molecular flexibility index (Phi) is 4.95. The molecule has 0 radical (unpaired) electrons. The second-order valence-corrected chi connectivity index (χ2v) is 5.14. The van der Waals surface area contributed by atoms with Crippen LogP contribution < -0.4 is 10.6 Å². The Bertz CT molecular complexity index is 568. The minimum absolute atomic E-state index is 0.221. The van der Waals surface area contributed by atoms with Gasteiger partial charge in [-0.3, -0.25) is 0 Å². The molecule has 20 heavy (non-hydrogen) atoms. The van der Waals surface area contributed by atoms with Crippen molar-refractivity contribution in [3.8, 4) is 0 Å². The van der Waals surface area contributed by atoms with Crippen LogP contribution >= 0.6 is 11.3 Å². The third-order valence-corrected chi connectivity index (χ3v) is 3.83. The first-order chi connectivity index (χ1) is 9.74. The Labute approximate surface area is 122 Å². The van der Waals surface area contributed by atoms with E-state index in [1.807, 2.05) is 30.3 Å². The molecular formula is C14H18N4OS. The maximum Gasteiger partial charge on any atom is 0.190 e. The molecule has 1 aromatic carbocycles. The largest absolute Gasteiger partial charge is 0.409 e. The van der Waals surface area contributed by atoms with Crippen LogP contribution in [0.15, 0.2) is 40.9 Å². The topological polar surface area (TPSA) is 74.7 Å². The molecule has 3 N–H and O–H groups in total. The number of thiazole rings is 1. The number of anilines is 2. The SMILES string of the molecule is CCc1csc(N(CCC(N)=NO)c2ccccc2)n1. The summed E-state index contributed by atoms with van der Waals surface area (Å²) in [5.41, 5.74) is 7.69. The van der Waals surface area contributed by atoms with Crippen LogP contribution in [0.25, 0.3) is 0 Å². The first-order valence-electron chi connectivity index (χ1n) is 6.48. The van der Waals surface area contributed by atoms with Crippen LogP contribution in [0, 0.1) is 0 Å². The number of para-hydroxylation sites is 1. The van der Waals surface area contributed by atoms with E-state index >= 15 is 0 Å². The standard InChI is InChI=1S/C14H18N4OS/c1-2-11-10-20-14(16-11)18(9-8-13(15)17-19)12-6-4-3-5-7-12/h3-7,10,19H,2,8-9H2,1H3,(H2,15,17). The second-order valence-electron chi connectivity index (χ2n) is 4.30. The Hall–Kier alpha value is -2.08. The average Bonchev–Trinajstić information content (AvgIpc) is 2.97. The van der Waals surface area contributed by atoms with E-state index in [9.17, 15) is 0 Å². The summed E-state index contributed by atoms with van der Waals surface area (Å²) in [5.74, 6) is 0.221. The molecule has 0 aliphatic carbocycles. The van der Waals surface area contributed by atoms with Gasteiger partial charge in [-0.1, -0.05) is 30.3 Å². The number of nitrogens with two attached hydrogens (primary N) is 1.